The number of carboxylic acid groups (broad SMARTS) is 1. The van der Waals surface area contributed by atoms with Crippen LogP contribution >= 0.6 is 0 Å². The summed E-state index contributed by atoms with van der Waals surface area (Å²) >= 11 is 0. The molecule has 212 valence electrons. The third-order valence-electron chi connectivity index (χ3n) is 6.88. The Bertz CT molecular complexity index is 1630. The number of nitrogens with one attached hydrogen (secondary N) is 1. The van der Waals surface area contributed by atoms with E-state index in [1.54, 1.807) is 20.8 Å². The topological polar surface area (TPSA) is 107 Å². The van der Waals surface area contributed by atoms with Crippen LogP contribution in [0.1, 0.15) is 43.4 Å². The number of halogens is 2. The molecular weight excluding hydrogens is 534 g/mol. The molecule has 1 aliphatic rings. The summed E-state index contributed by atoms with van der Waals surface area (Å²) in [5.41, 5.74) is 3.41. The van der Waals surface area contributed by atoms with Crippen LogP contribution in [0, 0.1) is 11.6 Å². The van der Waals surface area contributed by atoms with E-state index >= 15 is 0 Å². The predicted octanol–water partition coefficient (Wildman–Crippen LogP) is 6.24. The predicted molar refractivity (Wildman–Crippen MR) is 147 cm³/mol. The summed E-state index contributed by atoms with van der Waals surface area (Å²) in [6, 6.07) is 15.8. The van der Waals surface area contributed by atoms with Crippen molar-refractivity contribution in [2.45, 2.75) is 44.8 Å². The van der Waals surface area contributed by atoms with Gasteiger partial charge < -0.3 is 19.9 Å². The van der Waals surface area contributed by atoms with Gasteiger partial charge in [0.2, 0.25) is 0 Å². The van der Waals surface area contributed by atoms with Gasteiger partial charge in [-0.05, 0) is 54.7 Å². The maximum absolute atomic E-state index is 14.2. The van der Waals surface area contributed by atoms with Gasteiger partial charge in [0, 0.05) is 30.0 Å². The number of carbonyl (C=O) groups excluding carboxylic acids is 2. The Balaban J connectivity index is 1.35. The maximum Gasteiger partial charge on any atom is 0.419 e. The van der Waals surface area contributed by atoms with Crippen LogP contribution in [-0.4, -0.2) is 46.1 Å². The molecule has 0 saturated heterocycles. The largest absolute Gasteiger partial charge is 0.480 e. The number of hydrogen-bond acceptors (Lipinski definition) is 5. The minimum atomic E-state index is -1.49. The maximum atomic E-state index is 14.2. The molecule has 0 unspecified atom stereocenters. The Morgan fingerprint density at radius 3 is 2.15 bits per heavy atom. The molecule has 4 aromatic rings. The molecule has 0 spiro atoms. The fraction of sp³-hybridized carbons (Fsp3) is 0.258. The number of nitrogens with zero attached hydrogens (tertiary/aromatic N) is 1. The zero-order valence-corrected chi connectivity index (χ0v) is 22.6. The molecule has 0 bridgehead atoms. The van der Waals surface area contributed by atoms with Gasteiger partial charge in [-0.15, -0.1) is 0 Å². The number of fused-ring (bicyclic) bond motifs is 4. The lowest BCUT2D eigenvalue weighted by molar-refractivity contribution is -0.139. The van der Waals surface area contributed by atoms with Crippen LogP contribution in [-0.2, 0) is 20.7 Å². The van der Waals surface area contributed by atoms with Crippen LogP contribution in [0.15, 0.2) is 66.9 Å². The first-order chi connectivity index (χ1) is 19.4. The molecule has 3 aromatic carbocycles. The second-order valence-electron chi connectivity index (χ2n) is 10.9. The van der Waals surface area contributed by atoms with Crippen molar-refractivity contribution in [2.75, 3.05) is 6.61 Å². The number of hydrogen-bond donors (Lipinski definition) is 2. The highest BCUT2D eigenvalue weighted by atomic mass is 19.2. The zero-order chi connectivity index (χ0) is 29.5. The van der Waals surface area contributed by atoms with Gasteiger partial charge in [-0.2, -0.15) is 0 Å². The first kappa shape index (κ1) is 27.8. The molecule has 5 rings (SSSR count). The van der Waals surface area contributed by atoms with Crippen LogP contribution in [0.5, 0.6) is 0 Å². The number of carboxylic acids is 1. The Hall–Kier alpha value is -4.73. The molecule has 41 heavy (non-hydrogen) atoms. The van der Waals surface area contributed by atoms with E-state index in [9.17, 15) is 28.3 Å². The summed E-state index contributed by atoms with van der Waals surface area (Å²) < 4.78 is 40.1. The number of benzene rings is 3. The third kappa shape index (κ3) is 5.63. The third-order valence-corrected chi connectivity index (χ3v) is 6.88. The van der Waals surface area contributed by atoms with Gasteiger partial charge in [0.25, 0.3) is 0 Å². The fourth-order valence-corrected chi connectivity index (χ4v) is 5.11. The molecular formula is C31H28F2N2O6. The van der Waals surface area contributed by atoms with Crippen molar-refractivity contribution in [3.8, 4) is 11.1 Å². The second-order valence-corrected chi connectivity index (χ2v) is 10.9. The summed E-state index contributed by atoms with van der Waals surface area (Å²) in [5, 5.41) is 12.3. The van der Waals surface area contributed by atoms with Gasteiger partial charge in [0.15, 0.2) is 11.6 Å². The molecule has 0 aliphatic heterocycles. The normalized spacial score (nSPS) is 13.4. The number of aromatic nitrogens is 1. The van der Waals surface area contributed by atoms with Crippen molar-refractivity contribution in [3.05, 3.63) is 95.2 Å². The van der Waals surface area contributed by atoms with Crippen molar-refractivity contribution in [2.24, 2.45) is 0 Å². The van der Waals surface area contributed by atoms with Gasteiger partial charge in [-0.3, -0.25) is 4.57 Å². The number of ether oxygens (including phenoxy) is 2. The van der Waals surface area contributed by atoms with Crippen LogP contribution in [0.25, 0.3) is 22.0 Å². The van der Waals surface area contributed by atoms with Crippen LogP contribution in [0.3, 0.4) is 0 Å². The van der Waals surface area contributed by atoms with Crippen LogP contribution in [0.2, 0.25) is 0 Å². The van der Waals surface area contributed by atoms with E-state index in [1.165, 1.54) is 6.20 Å². The monoisotopic (exact) mass is 562 g/mol. The van der Waals surface area contributed by atoms with E-state index < -0.39 is 41.4 Å². The molecule has 1 heterocycles. The van der Waals surface area contributed by atoms with Gasteiger partial charge in [0.1, 0.15) is 18.2 Å². The van der Waals surface area contributed by atoms with E-state index in [0.717, 1.165) is 39.0 Å². The molecule has 1 aliphatic carbocycles. The summed E-state index contributed by atoms with van der Waals surface area (Å²) in [4.78, 5) is 37.7. The summed E-state index contributed by atoms with van der Waals surface area (Å²) in [5.74, 6) is -3.95. The van der Waals surface area contributed by atoms with Crippen LogP contribution < -0.4 is 5.32 Å². The van der Waals surface area contributed by atoms with Crippen LogP contribution in [0.4, 0.5) is 18.4 Å². The SMILES string of the molecule is CC(C)(C)OC(=O)n1cc(C[C@H](NC(=O)OCC2c3ccccc3-c3ccccc32)C(=O)O)c2cc(F)c(F)cc21. The lowest BCUT2D eigenvalue weighted by Gasteiger charge is -2.19. The molecule has 2 N–H and O–H groups in total. The van der Waals surface area contributed by atoms with E-state index in [2.05, 4.69) is 5.32 Å². The molecule has 1 atom stereocenters. The average molecular weight is 563 g/mol. The number of carbonyl (C=O) groups is 3. The number of alkyl carbamates (subject to hydrolysis) is 1. The smallest absolute Gasteiger partial charge is 0.419 e. The Morgan fingerprint density at radius 2 is 1.56 bits per heavy atom. The molecule has 8 nitrogen and oxygen atoms in total. The highest BCUT2D eigenvalue weighted by molar-refractivity contribution is 5.93. The number of rotatable bonds is 6. The number of amides is 1. The lowest BCUT2D eigenvalue weighted by atomic mass is 9.98. The highest BCUT2D eigenvalue weighted by Gasteiger charge is 2.30. The standard InChI is InChI=1S/C31H28F2N2O6/c1-31(2,3)41-30(39)35-15-17(22-13-24(32)25(33)14-27(22)35)12-26(28(36)37)34-29(38)40-16-23-20-10-6-4-8-18(20)19-9-5-7-11-21(19)23/h4-11,13-15,23,26H,12,16H2,1-3H3,(H,34,38)(H,36,37)/t26-/m0/s1. The van der Waals surface area contributed by atoms with E-state index in [0.29, 0.717) is 0 Å². The summed E-state index contributed by atoms with van der Waals surface area (Å²) in [7, 11) is 0. The van der Waals surface area contributed by atoms with Crippen molar-refractivity contribution < 1.29 is 37.7 Å². The van der Waals surface area contributed by atoms with E-state index in [4.69, 9.17) is 9.47 Å². The Labute approximate surface area is 234 Å². The quantitative estimate of drug-likeness (QED) is 0.288. The van der Waals surface area contributed by atoms with E-state index in [1.807, 2.05) is 48.5 Å². The van der Waals surface area contributed by atoms with E-state index in [-0.39, 0.29) is 35.4 Å². The molecule has 0 radical (unpaired) electrons. The average Bonchev–Trinajstić information content (AvgIpc) is 3.41. The minimum Gasteiger partial charge on any atom is -0.480 e. The Kier molecular flexibility index (Phi) is 7.25. The van der Waals surface area contributed by atoms with Crippen molar-refractivity contribution in [1.82, 2.24) is 9.88 Å². The molecule has 1 amide bonds. The minimum absolute atomic E-state index is 0.00145. The summed E-state index contributed by atoms with van der Waals surface area (Å²) in [6.07, 6.45) is -0.882. The first-order valence-corrected chi connectivity index (χ1v) is 13.0. The van der Waals surface area contributed by atoms with Gasteiger partial charge >= 0.3 is 18.2 Å². The summed E-state index contributed by atoms with van der Waals surface area (Å²) in [6.45, 7) is 4.93. The van der Waals surface area contributed by atoms with Gasteiger partial charge in [-0.25, -0.2) is 23.2 Å². The molecule has 10 heteroatoms. The molecule has 0 fully saturated rings. The van der Waals surface area contributed by atoms with Crippen molar-refractivity contribution >= 4 is 29.1 Å². The van der Waals surface area contributed by atoms with Crippen molar-refractivity contribution in [1.29, 1.82) is 0 Å². The van der Waals surface area contributed by atoms with Gasteiger partial charge in [0.05, 0.1) is 5.52 Å². The molecule has 1 aromatic heterocycles. The van der Waals surface area contributed by atoms with Gasteiger partial charge in [-0.1, -0.05) is 48.5 Å². The highest BCUT2D eigenvalue weighted by Crippen LogP contribution is 2.44. The fourth-order valence-electron chi connectivity index (χ4n) is 5.11. The Morgan fingerprint density at radius 1 is 0.976 bits per heavy atom. The number of aliphatic carboxylic acids is 1. The molecule has 0 saturated carbocycles. The second kappa shape index (κ2) is 10.7. The zero-order valence-electron chi connectivity index (χ0n) is 22.6. The van der Waals surface area contributed by atoms with Crippen molar-refractivity contribution in [3.63, 3.8) is 0 Å². The first-order valence-electron chi connectivity index (χ1n) is 13.0. The lowest BCUT2D eigenvalue weighted by Crippen LogP contribution is -2.42.